The standard InChI is InChI=1S/C16H35N3O6Si2/c1-7-20-26(21-8-2,22-9-3)14-16-13-19(18-17-16)15-27(23-10-4,24-11-5)25-12-6/h13H,7-12,14-15H2,1-6H3. The van der Waals surface area contributed by atoms with E-state index in [1.54, 1.807) is 4.68 Å². The molecule has 1 aromatic heterocycles. The van der Waals surface area contributed by atoms with Gasteiger partial charge < -0.3 is 26.6 Å². The lowest BCUT2D eigenvalue weighted by atomic mass is 10.6. The van der Waals surface area contributed by atoms with Crippen molar-refractivity contribution in [3.05, 3.63) is 11.9 Å². The molecule has 0 saturated carbocycles. The SMILES string of the molecule is CCO[Si](Cc1cn(C[Si](OCC)(OCC)OCC)nn1)(OCC)OCC. The second kappa shape index (κ2) is 12.7. The number of rotatable bonds is 16. The Hall–Kier alpha value is -0.666. The summed E-state index contributed by atoms with van der Waals surface area (Å²) < 4.78 is 37.0. The topological polar surface area (TPSA) is 86.1 Å². The molecule has 0 aromatic carbocycles. The molecule has 0 unspecified atom stereocenters. The smallest absolute Gasteiger partial charge is 0.374 e. The molecule has 27 heavy (non-hydrogen) atoms. The van der Waals surface area contributed by atoms with Gasteiger partial charge in [-0.25, -0.2) is 4.68 Å². The number of hydrogen-bond acceptors (Lipinski definition) is 8. The van der Waals surface area contributed by atoms with Gasteiger partial charge in [-0.15, -0.1) is 5.10 Å². The van der Waals surface area contributed by atoms with Gasteiger partial charge in [0.15, 0.2) is 0 Å². The molecular weight excluding hydrogens is 386 g/mol. The molecular formula is C16H35N3O6Si2. The fraction of sp³-hybridized carbons (Fsp3) is 0.875. The maximum absolute atomic E-state index is 5.89. The third-order valence-corrected chi connectivity index (χ3v) is 9.40. The molecule has 0 fully saturated rings. The van der Waals surface area contributed by atoms with Gasteiger partial charge in [-0.2, -0.15) is 0 Å². The molecule has 0 aliphatic carbocycles. The molecule has 158 valence electrons. The second-order valence-corrected chi connectivity index (χ2v) is 10.7. The van der Waals surface area contributed by atoms with Crippen molar-refractivity contribution in [1.82, 2.24) is 15.0 Å². The molecule has 0 aliphatic heterocycles. The third kappa shape index (κ3) is 7.70. The molecule has 1 heterocycles. The highest BCUT2D eigenvalue weighted by atomic mass is 28.4. The molecule has 9 nitrogen and oxygen atoms in total. The Balaban J connectivity index is 2.96. The van der Waals surface area contributed by atoms with Crippen LogP contribution in [0.1, 0.15) is 47.2 Å². The Morgan fingerprint density at radius 2 is 1.11 bits per heavy atom. The molecule has 1 aromatic rings. The summed E-state index contributed by atoms with van der Waals surface area (Å²) in [6.07, 6.45) is 2.26. The van der Waals surface area contributed by atoms with E-state index in [2.05, 4.69) is 10.3 Å². The Morgan fingerprint density at radius 3 is 1.52 bits per heavy atom. The zero-order valence-corrected chi connectivity index (χ0v) is 19.5. The van der Waals surface area contributed by atoms with Crippen molar-refractivity contribution in [2.45, 2.75) is 53.8 Å². The van der Waals surface area contributed by atoms with Gasteiger partial charge in [-0.1, -0.05) is 5.21 Å². The van der Waals surface area contributed by atoms with Crippen molar-refractivity contribution >= 4 is 17.6 Å². The maximum atomic E-state index is 5.89. The van der Waals surface area contributed by atoms with Gasteiger partial charge in [0.25, 0.3) is 0 Å². The van der Waals surface area contributed by atoms with Gasteiger partial charge in [0.1, 0.15) is 6.17 Å². The first-order chi connectivity index (χ1) is 13.0. The molecule has 0 amide bonds. The predicted molar refractivity (Wildman–Crippen MR) is 105 cm³/mol. The second-order valence-electron chi connectivity index (χ2n) is 5.55. The van der Waals surface area contributed by atoms with Crippen LogP contribution in [0.15, 0.2) is 6.20 Å². The molecule has 0 N–H and O–H groups in total. The van der Waals surface area contributed by atoms with Crippen LogP contribution in [0.2, 0.25) is 0 Å². The third-order valence-electron chi connectivity index (χ3n) is 3.52. The van der Waals surface area contributed by atoms with E-state index in [-0.39, 0.29) is 0 Å². The van der Waals surface area contributed by atoms with Crippen LogP contribution in [-0.2, 0) is 38.8 Å². The van der Waals surface area contributed by atoms with Crippen molar-refractivity contribution in [2.24, 2.45) is 0 Å². The first-order valence-electron chi connectivity index (χ1n) is 9.75. The fourth-order valence-corrected chi connectivity index (χ4v) is 7.65. The summed E-state index contributed by atoms with van der Waals surface area (Å²) in [7, 11) is -5.67. The molecule has 0 radical (unpaired) electrons. The van der Waals surface area contributed by atoms with Crippen LogP contribution in [0.25, 0.3) is 0 Å². The van der Waals surface area contributed by atoms with Gasteiger partial charge in [0.2, 0.25) is 0 Å². The van der Waals surface area contributed by atoms with Crippen LogP contribution in [0.3, 0.4) is 0 Å². The first-order valence-corrected chi connectivity index (χ1v) is 13.6. The quantitative estimate of drug-likeness (QED) is 0.375. The average molecular weight is 422 g/mol. The number of aromatic nitrogens is 3. The fourth-order valence-electron chi connectivity index (χ4n) is 2.78. The van der Waals surface area contributed by atoms with Crippen LogP contribution in [0.5, 0.6) is 0 Å². The number of hydrogen-bond donors (Lipinski definition) is 0. The van der Waals surface area contributed by atoms with E-state index in [4.69, 9.17) is 26.6 Å². The number of nitrogens with zero attached hydrogens (tertiary/aromatic N) is 3. The minimum atomic E-state index is -2.85. The Morgan fingerprint density at radius 1 is 0.704 bits per heavy atom. The average Bonchev–Trinajstić information content (AvgIpc) is 3.02. The van der Waals surface area contributed by atoms with Crippen LogP contribution < -0.4 is 0 Å². The summed E-state index contributed by atoms with van der Waals surface area (Å²) in [6.45, 7) is 14.7. The Kier molecular flexibility index (Phi) is 11.5. The highest BCUT2D eigenvalue weighted by Gasteiger charge is 2.44. The summed E-state index contributed by atoms with van der Waals surface area (Å²) in [5.41, 5.74) is 0.754. The van der Waals surface area contributed by atoms with Crippen molar-refractivity contribution in [3.63, 3.8) is 0 Å². The molecule has 0 spiro atoms. The van der Waals surface area contributed by atoms with E-state index < -0.39 is 17.6 Å². The molecule has 1 rings (SSSR count). The van der Waals surface area contributed by atoms with Crippen LogP contribution in [-0.4, -0.2) is 72.2 Å². The van der Waals surface area contributed by atoms with E-state index in [1.165, 1.54) is 0 Å². The zero-order chi connectivity index (χ0) is 20.2. The van der Waals surface area contributed by atoms with Crippen LogP contribution >= 0.6 is 0 Å². The summed E-state index contributed by atoms with van der Waals surface area (Å²) >= 11 is 0. The summed E-state index contributed by atoms with van der Waals surface area (Å²) in [6, 6.07) is 0.467. The normalized spacial score (nSPS) is 12.7. The van der Waals surface area contributed by atoms with Crippen molar-refractivity contribution in [2.75, 3.05) is 39.6 Å². The van der Waals surface area contributed by atoms with E-state index in [1.807, 2.05) is 47.7 Å². The van der Waals surface area contributed by atoms with Crippen LogP contribution in [0.4, 0.5) is 0 Å². The highest BCUT2D eigenvalue weighted by Crippen LogP contribution is 2.17. The minimum absolute atomic E-state index is 0.405. The zero-order valence-electron chi connectivity index (χ0n) is 17.5. The molecule has 0 aliphatic rings. The lowest BCUT2D eigenvalue weighted by Gasteiger charge is -2.28. The molecule has 0 saturated heterocycles. The largest absolute Gasteiger partial charge is 0.523 e. The van der Waals surface area contributed by atoms with Gasteiger partial charge >= 0.3 is 17.6 Å². The van der Waals surface area contributed by atoms with Gasteiger partial charge in [-0.05, 0) is 41.5 Å². The molecule has 0 bridgehead atoms. The first kappa shape index (κ1) is 24.4. The van der Waals surface area contributed by atoms with Gasteiger partial charge in [0.05, 0.1) is 11.7 Å². The van der Waals surface area contributed by atoms with Gasteiger partial charge in [0, 0.05) is 45.8 Å². The predicted octanol–water partition coefficient (Wildman–Crippen LogP) is 2.00. The van der Waals surface area contributed by atoms with Crippen LogP contribution in [0, 0.1) is 0 Å². The van der Waals surface area contributed by atoms with Crippen molar-refractivity contribution in [3.8, 4) is 0 Å². The monoisotopic (exact) mass is 421 g/mol. The molecule has 11 heteroatoms. The lowest BCUT2D eigenvalue weighted by molar-refractivity contribution is 0.0637. The summed E-state index contributed by atoms with van der Waals surface area (Å²) in [4.78, 5) is 0. The van der Waals surface area contributed by atoms with E-state index in [0.717, 1.165) is 5.69 Å². The van der Waals surface area contributed by atoms with E-state index in [9.17, 15) is 0 Å². The van der Waals surface area contributed by atoms with Crippen molar-refractivity contribution < 1.29 is 26.6 Å². The Bertz CT molecular complexity index is 444. The summed E-state index contributed by atoms with van der Waals surface area (Å²) in [5.74, 6) is 0. The van der Waals surface area contributed by atoms with Crippen molar-refractivity contribution in [1.29, 1.82) is 0 Å². The lowest BCUT2D eigenvalue weighted by Crippen LogP contribution is -2.50. The highest BCUT2D eigenvalue weighted by molar-refractivity contribution is 6.60. The summed E-state index contributed by atoms with van der Waals surface area (Å²) in [5, 5.41) is 8.50. The molecule has 0 atom stereocenters. The van der Waals surface area contributed by atoms with E-state index >= 15 is 0 Å². The van der Waals surface area contributed by atoms with Gasteiger partial charge in [-0.3, -0.25) is 0 Å². The van der Waals surface area contributed by atoms with E-state index in [0.29, 0.717) is 51.9 Å². The maximum Gasteiger partial charge on any atom is 0.523 e. The minimum Gasteiger partial charge on any atom is -0.374 e. The Labute approximate surface area is 165 Å².